The number of carboxylic acid groups (broad SMARTS) is 1. The number of carbonyl (C=O) groups excluding carboxylic acids is 1. The lowest BCUT2D eigenvalue weighted by Gasteiger charge is -2.34. The van der Waals surface area contributed by atoms with Gasteiger partial charge in [0, 0.05) is 34.8 Å². The van der Waals surface area contributed by atoms with E-state index >= 15 is 0 Å². The Labute approximate surface area is 132 Å². The second-order valence-corrected chi connectivity index (χ2v) is 6.23. The molecule has 0 aromatic carbocycles. The van der Waals surface area contributed by atoms with E-state index in [1.165, 1.54) is 0 Å². The molecule has 1 amide bonds. The van der Waals surface area contributed by atoms with Crippen LogP contribution in [0.2, 0.25) is 0 Å². The van der Waals surface area contributed by atoms with Gasteiger partial charge in [-0.25, -0.2) is 0 Å². The molecule has 0 aliphatic carbocycles. The molecule has 0 spiro atoms. The topological polar surface area (TPSA) is 82.5 Å². The number of nitrogens with zero attached hydrogens (tertiary/aromatic N) is 2. The maximum Gasteiger partial charge on any atom is 0.305 e. The molecule has 0 bridgehead atoms. The van der Waals surface area contributed by atoms with Gasteiger partial charge >= 0.3 is 5.97 Å². The Kier molecular flexibility index (Phi) is 5.11. The second-order valence-electron chi connectivity index (χ2n) is 4.46. The Bertz CT molecular complexity index is 539. The van der Waals surface area contributed by atoms with Crippen molar-refractivity contribution in [3.8, 4) is 0 Å². The number of piperazine rings is 1. The lowest BCUT2D eigenvalue weighted by atomic mass is 10.1. The monoisotopic (exact) mass is 405 g/mol. The third kappa shape index (κ3) is 3.77. The highest BCUT2D eigenvalue weighted by molar-refractivity contribution is 9.11. The Morgan fingerprint density at radius 1 is 1.55 bits per heavy atom. The zero-order valence-corrected chi connectivity index (χ0v) is 13.6. The van der Waals surface area contributed by atoms with Crippen LogP contribution in [0.1, 0.15) is 12.1 Å². The number of rotatable bonds is 4. The van der Waals surface area contributed by atoms with Crippen molar-refractivity contribution in [2.24, 2.45) is 0 Å². The van der Waals surface area contributed by atoms with Gasteiger partial charge in [0.2, 0.25) is 5.91 Å². The van der Waals surface area contributed by atoms with Crippen LogP contribution >= 0.6 is 31.9 Å². The van der Waals surface area contributed by atoms with E-state index in [0.717, 1.165) is 14.6 Å². The SMILES string of the molecule is O=C(O)CC1C(=O)NCCN1Cc1ncc(Br)cc1Br. The molecule has 108 valence electrons. The normalized spacial score (nSPS) is 19.7. The lowest BCUT2D eigenvalue weighted by molar-refractivity contribution is -0.143. The third-order valence-electron chi connectivity index (χ3n) is 3.05. The van der Waals surface area contributed by atoms with Gasteiger partial charge in [0.05, 0.1) is 12.1 Å². The van der Waals surface area contributed by atoms with Crippen LogP contribution in [-0.4, -0.2) is 46.0 Å². The van der Waals surface area contributed by atoms with Gasteiger partial charge < -0.3 is 10.4 Å². The number of pyridine rings is 1. The minimum atomic E-state index is -0.986. The minimum Gasteiger partial charge on any atom is -0.481 e. The third-order valence-corrected chi connectivity index (χ3v) is 4.17. The molecular weight excluding hydrogens is 394 g/mol. The smallest absolute Gasteiger partial charge is 0.305 e. The van der Waals surface area contributed by atoms with Crippen LogP contribution in [0.4, 0.5) is 0 Å². The molecule has 20 heavy (non-hydrogen) atoms. The van der Waals surface area contributed by atoms with Gasteiger partial charge in [0.15, 0.2) is 0 Å². The van der Waals surface area contributed by atoms with E-state index in [4.69, 9.17) is 5.11 Å². The van der Waals surface area contributed by atoms with Crippen LogP contribution < -0.4 is 5.32 Å². The molecule has 1 unspecified atom stereocenters. The van der Waals surface area contributed by atoms with Crippen LogP contribution in [0.25, 0.3) is 0 Å². The van der Waals surface area contributed by atoms with Crippen molar-refractivity contribution in [2.75, 3.05) is 13.1 Å². The Hall–Kier alpha value is -0.990. The fourth-order valence-corrected chi connectivity index (χ4v) is 3.20. The number of aliphatic carboxylic acids is 1. The zero-order valence-electron chi connectivity index (χ0n) is 10.5. The molecule has 1 aromatic rings. The van der Waals surface area contributed by atoms with E-state index in [9.17, 15) is 9.59 Å². The summed E-state index contributed by atoms with van der Waals surface area (Å²) >= 11 is 6.75. The fourth-order valence-electron chi connectivity index (χ4n) is 2.09. The van der Waals surface area contributed by atoms with Gasteiger partial charge in [-0.1, -0.05) is 0 Å². The molecule has 0 radical (unpaired) electrons. The number of amides is 1. The van der Waals surface area contributed by atoms with Crippen molar-refractivity contribution in [3.05, 3.63) is 26.9 Å². The summed E-state index contributed by atoms with van der Waals surface area (Å²) in [6.45, 7) is 1.55. The molecule has 1 saturated heterocycles. The first-order valence-electron chi connectivity index (χ1n) is 6.01. The predicted octanol–water partition coefficient (Wildman–Crippen LogP) is 1.38. The minimum absolute atomic E-state index is 0.208. The molecule has 1 aliphatic heterocycles. The largest absolute Gasteiger partial charge is 0.481 e. The Morgan fingerprint density at radius 2 is 2.30 bits per heavy atom. The number of halogens is 2. The van der Waals surface area contributed by atoms with Gasteiger partial charge in [-0.05, 0) is 37.9 Å². The number of hydrogen-bond donors (Lipinski definition) is 2. The summed E-state index contributed by atoms with van der Waals surface area (Å²) in [5.74, 6) is -1.23. The van der Waals surface area contributed by atoms with Gasteiger partial charge in [-0.2, -0.15) is 0 Å². The highest BCUT2D eigenvalue weighted by Gasteiger charge is 2.32. The first-order chi connectivity index (χ1) is 9.47. The molecular formula is C12H13Br2N3O3. The summed E-state index contributed by atoms with van der Waals surface area (Å²) in [6, 6.07) is 1.22. The van der Waals surface area contributed by atoms with Crippen molar-refractivity contribution in [2.45, 2.75) is 19.0 Å². The summed E-state index contributed by atoms with van der Waals surface area (Å²) in [7, 11) is 0. The van der Waals surface area contributed by atoms with Crippen LogP contribution in [0.5, 0.6) is 0 Å². The zero-order chi connectivity index (χ0) is 14.7. The van der Waals surface area contributed by atoms with Gasteiger partial charge in [0.1, 0.15) is 6.04 Å². The molecule has 1 fully saturated rings. The van der Waals surface area contributed by atoms with Crippen molar-refractivity contribution >= 4 is 43.7 Å². The molecule has 8 heteroatoms. The Morgan fingerprint density at radius 3 is 2.95 bits per heavy atom. The van der Waals surface area contributed by atoms with Gasteiger partial charge in [-0.3, -0.25) is 19.5 Å². The number of hydrogen-bond acceptors (Lipinski definition) is 4. The number of carboxylic acids is 1. The molecule has 1 aliphatic rings. The van der Waals surface area contributed by atoms with Gasteiger partial charge in [0.25, 0.3) is 0 Å². The first kappa shape index (κ1) is 15.4. The summed E-state index contributed by atoms with van der Waals surface area (Å²) in [6.07, 6.45) is 1.47. The van der Waals surface area contributed by atoms with Crippen LogP contribution in [-0.2, 0) is 16.1 Å². The lowest BCUT2D eigenvalue weighted by Crippen LogP contribution is -2.55. The van der Waals surface area contributed by atoms with Gasteiger partial charge in [-0.15, -0.1) is 0 Å². The van der Waals surface area contributed by atoms with Crippen molar-refractivity contribution < 1.29 is 14.7 Å². The maximum atomic E-state index is 11.8. The first-order valence-corrected chi connectivity index (χ1v) is 7.59. The average molecular weight is 407 g/mol. The molecule has 2 N–H and O–H groups in total. The van der Waals surface area contributed by atoms with Crippen molar-refractivity contribution in [3.63, 3.8) is 0 Å². The summed E-state index contributed by atoms with van der Waals surface area (Å²) in [5, 5.41) is 11.6. The highest BCUT2D eigenvalue weighted by atomic mass is 79.9. The van der Waals surface area contributed by atoms with Crippen molar-refractivity contribution in [1.82, 2.24) is 15.2 Å². The van der Waals surface area contributed by atoms with E-state index in [1.807, 2.05) is 11.0 Å². The van der Waals surface area contributed by atoms with E-state index in [1.54, 1.807) is 6.20 Å². The molecule has 1 atom stereocenters. The summed E-state index contributed by atoms with van der Waals surface area (Å²) in [5.41, 5.74) is 0.776. The molecule has 2 heterocycles. The van der Waals surface area contributed by atoms with E-state index in [-0.39, 0.29) is 12.3 Å². The maximum absolute atomic E-state index is 11.8. The van der Waals surface area contributed by atoms with E-state index < -0.39 is 12.0 Å². The van der Waals surface area contributed by atoms with E-state index in [0.29, 0.717) is 19.6 Å². The number of nitrogens with one attached hydrogen (secondary N) is 1. The quantitative estimate of drug-likeness (QED) is 0.789. The van der Waals surface area contributed by atoms with Crippen LogP contribution in [0, 0.1) is 0 Å². The molecule has 1 aromatic heterocycles. The summed E-state index contributed by atoms with van der Waals surface area (Å²) < 4.78 is 1.68. The number of carbonyl (C=O) groups is 2. The standard InChI is InChI=1S/C12H13Br2N3O3/c13-7-3-8(14)9(16-5-7)6-17-2-1-15-12(20)10(17)4-11(18)19/h3,5,10H,1-2,4,6H2,(H,15,20)(H,18,19). The highest BCUT2D eigenvalue weighted by Crippen LogP contribution is 2.22. The van der Waals surface area contributed by atoms with Crippen LogP contribution in [0.15, 0.2) is 21.2 Å². The second kappa shape index (κ2) is 6.64. The molecule has 0 saturated carbocycles. The average Bonchev–Trinajstić information content (AvgIpc) is 2.36. The predicted molar refractivity (Wildman–Crippen MR) is 79.1 cm³/mol. The number of aromatic nitrogens is 1. The molecule has 2 rings (SSSR count). The Balaban J connectivity index is 2.16. The van der Waals surface area contributed by atoms with E-state index in [2.05, 4.69) is 42.2 Å². The van der Waals surface area contributed by atoms with Crippen molar-refractivity contribution in [1.29, 1.82) is 0 Å². The fraction of sp³-hybridized carbons (Fsp3) is 0.417. The van der Waals surface area contributed by atoms with Crippen LogP contribution in [0.3, 0.4) is 0 Å². The molecule has 6 nitrogen and oxygen atoms in total. The summed E-state index contributed by atoms with van der Waals surface area (Å²) in [4.78, 5) is 28.8.